The lowest BCUT2D eigenvalue weighted by molar-refractivity contribution is -0.137. The lowest BCUT2D eigenvalue weighted by Gasteiger charge is -2.11. The van der Waals surface area contributed by atoms with E-state index in [1.165, 1.54) is 18.2 Å². The molecule has 0 fully saturated rings. The summed E-state index contributed by atoms with van der Waals surface area (Å²) in [5, 5.41) is 0.245. The van der Waals surface area contributed by atoms with E-state index in [2.05, 4.69) is 0 Å². The Balaban J connectivity index is 2.20. The molecule has 0 aliphatic heterocycles. The van der Waals surface area contributed by atoms with Crippen LogP contribution in [0.4, 0.5) is 17.6 Å². The van der Waals surface area contributed by atoms with Gasteiger partial charge in [0.2, 0.25) is 0 Å². The van der Waals surface area contributed by atoms with Gasteiger partial charge in [-0.3, -0.25) is 4.79 Å². The van der Waals surface area contributed by atoms with Gasteiger partial charge < -0.3 is 4.74 Å². The van der Waals surface area contributed by atoms with Gasteiger partial charge in [-0.1, -0.05) is 11.6 Å². The van der Waals surface area contributed by atoms with Gasteiger partial charge in [-0.2, -0.15) is 13.2 Å². The Labute approximate surface area is 128 Å². The molecule has 0 heterocycles. The molecule has 22 heavy (non-hydrogen) atoms. The molecule has 0 bridgehead atoms. The van der Waals surface area contributed by atoms with Crippen LogP contribution in [-0.2, 0) is 12.8 Å². The molecular weight excluding hydrogens is 324 g/mol. The van der Waals surface area contributed by atoms with E-state index in [9.17, 15) is 22.4 Å². The predicted molar refractivity (Wildman–Crippen MR) is 72.6 cm³/mol. The summed E-state index contributed by atoms with van der Waals surface area (Å²) in [6, 6.07) is 6.34. The molecule has 0 aliphatic carbocycles. The lowest BCUT2D eigenvalue weighted by Crippen LogP contribution is -2.07. The summed E-state index contributed by atoms with van der Waals surface area (Å²) in [4.78, 5) is 10.7. The second-order valence-electron chi connectivity index (χ2n) is 4.47. The second kappa shape index (κ2) is 6.36. The Hall–Kier alpha value is -2.08. The highest BCUT2D eigenvalue weighted by molar-refractivity contribution is 6.31. The molecule has 0 radical (unpaired) electrons. The summed E-state index contributed by atoms with van der Waals surface area (Å²) >= 11 is 5.77. The van der Waals surface area contributed by atoms with Crippen LogP contribution in [0.2, 0.25) is 5.02 Å². The topological polar surface area (TPSA) is 26.3 Å². The van der Waals surface area contributed by atoms with Crippen molar-refractivity contribution in [3.05, 3.63) is 63.9 Å². The molecule has 0 spiro atoms. The minimum Gasteiger partial charge on any atom is -0.489 e. The zero-order valence-corrected chi connectivity index (χ0v) is 11.7. The van der Waals surface area contributed by atoms with E-state index in [0.29, 0.717) is 12.4 Å². The standard InChI is InChI=1S/C15H9ClF4O2/c16-12-2-9(7-21)4-14(6-12)22-8-10-1-11(15(18,19)20)5-13(17)3-10/h1-7H,8H2. The number of rotatable bonds is 4. The van der Waals surface area contributed by atoms with Gasteiger partial charge in [-0.25, -0.2) is 4.39 Å². The molecule has 0 amide bonds. The number of ether oxygens (including phenoxy) is 1. The maximum atomic E-state index is 13.2. The predicted octanol–water partition coefficient (Wildman–Crippen LogP) is 4.89. The van der Waals surface area contributed by atoms with Crippen LogP contribution in [0.25, 0.3) is 0 Å². The zero-order valence-electron chi connectivity index (χ0n) is 11.0. The third-order valence-corrected chi connectivity index (χ3v) is 2.94. The Bertz CT molecular complexity index is 698. The first-order valence-corrected chi connectivity index (χ1v) is 6.41. The van der Waals surface area contributed by atoms with Gasteiger partial charge in [0.05, 0.1) is 5.56 Å². The van der Waals surface area contributed by atoms with E-state index >= 15 is 0 Å². The molecule has 0 unspecified atom stereocenters. The molecule has 7 heteroatoms. The summed E-state index contributed by atoms with van der Waals surface area (Å²) in [6.07, 6.45) is -4.08. The SMILES string of the molecule is O=Cc1cc(Cl)cc(OCc2cc(F)cc(C(F)(F)F)c2)c1. The fourth-order valence-electron chi connectivity index (χ4n) is 1.80. The van der Waals surface area contributed by atoms with Crippen molar-refractivity contribution in [1.29, 1.82) is 0 Å². The van der Waals surface area contributed by atoms with Crippen molar-refractivity contribution in [3.8, 4) is 5.75 Å². The first kappa shape index (κ1) is 16.3. The van der Waals surface area contributed by atoms with Crippen molar-refractivity contribution in [2.45, 2.75) is 12.8 Å². The summed E-state index contributed by atoms with van der Waals surface area (Å²) in [6.45, 7) is -0.292. The van der Waals surface area contributed by atoms with Crippen molar-refractivity contribution in [3.63, 3.8) is 0 Å². The van der Waals surface area contributed by atoms with Crippen molar-refractivity contribution >= 4 is 17.9 Å². The normalized spacial score (nSPS) is 11.3. The monoisotopic (exact) mass is 332 g/mol. The first-order valence-electron chi connectivity index (χ1n) is 6.03. The van der Waals surface area contributed by atoms with E-state index < -0.39 is 17.6 Å². The van der Waals surface area contributed by atoms with Crippen molar-refractivity contribution in [1.82, 2.24) is 0 Å². The number of aldehydes is 1. The van der Waals surface area contributed by atoms with Crippen LogP contribution in [0.5, 0.6) is 5.75 Å². The average Bonchev–Trinajstić information content (AvgIpc) is 2.43. The van der Waals surface area contributed by atoms with Crippen LogP contribution < -0.4 is 4.74 Å². The smallest absolute Gasteiger partial charge is 0.416 e. The van der Waals surface area contributed by atoms with Crippen LogP contribution in [0.1, 0.15) is 21.5 Å². The highest BCUT2D eigenvalue weighted by atomic mass is 35.5. The number of benzene rings is 2. The molecule has 0 atom stereocenters. The second-order valence-corrected chi connectivity index (χ2v) is 4.91. The van der Waals surface area contributed by atoms with Gasteiger partial charge >= 0.3 is 6.18 Å². The Morgan fingerprint density at radius 1 is 1.09 bits per heavy atom. The van der Waals surface area contributed by atoms with Gasteiger partial charge in [0, 0.05) is 10.6 Å². The van der Waals surface area contributed by atoms with Gasteiger partial charge in [-0.15, -0.1) is 0 Å². The summed E-state index contributed by atoms with van der Waals surface area (Å²) in [5.41, 5.74) is -0.816. The van der Waals surface area contributed by atoms with E-state index in [1.807, 2.05) is 0 Å². The maximum Gasteiger partial charge on any atom is 0.416 e. The van der Waals surface area contributed by atoms with Gasteiger partial charge in [0.15, 0.2) is 0 Å². The molecule has 2 nitrogen and oxygen atoms in total. The minimum absolute atomic E-state index is 0.0138. The minimum atomic E-state index is -4.64. The molecule has 0 aliphatic rings. The summed E-state index contributed by atoms with van der Waals surface area (Å²) < 4.78 is 56.3. The molecule has 2 aromatic carbocycles. The van der Waals surface area contributed by atoms with Gasteiger partial charge in [0.25, 0.3) is 0 Å². The largest absolute Gasteiger partial charge is 0.489 e. The van der Waals surface area contributed by atoms with Crippen LogP contribution in [0.15, 0.2) is 36.4 Å². The third-order valence-electron chi connectivity index (χ3n) is 2.72. The fraction of sp³-hybridized carbons (Fsp3) is 0.133. The molecular formula is C15H9ClF4O2. The molecule has 0 aromatic heterocycles. The fourth-order valence-corrected chi connectivity index (χ4v) is 2.03. The summed E-state index contributed by atoms with van der Waals surface area (Å²) in [5.74, 6) is -0.805. The number of alkyl halides is 3. The maximum absolute atomic E-state index is 13.2. The highest BCUT2D eigenvalue weighted by Gasteiger charge is 2.31. The Kier molecular flexibility index (Phi) is 4.71. The lowest BCUT2D eigenvalue weighted by atomic mass is 10.1. The molecule has 0 N–H and O–H groups in total. The van der Waals surface area contributed by atoms with Crippen molar-refractivity contribution < 1.29 is 27.1 Å². The van der Waals surface area contributed by atoms with Crippen LogP contribution in [0.3, 0.4) is 0 Å². The highest BCUT2D eigenvalue weighted by Crippen LogP contribution is 2.30. The van der Waals surface area contributed by atoms with Crippen LogP contribution in [-0.4, -0.2) is 6.29 Å². The Morgan fingerprint density at radius 3 is 2.45 bits per heavy atom. The number of carbonyl (C=O) groups is 1. The molecule has 0 saturated carbocycles. The van der Waals surface area contributed by atoms with Crippen molar-refractivity contribution in [2.75, 3.05) is 0 Å². The first-order chi connectivity index (χ1) is 10.3. The molecule has 2 aromatic rings. The van der Waals surface area contributed by atoms with E-state index in [-0.39, 0.29) is 28.5 Å². The number of hydrogen-bond acceptors (Lipinski definition) is 2. The van der Waals surface area contributed by atoms with E-state index in [4.69, 9.17) is 16.3 Å². The number of halogens is 5. The Morgan fingerprint density at radius 2 is 1.82 bits per heavy atom. The number of carbonyl (C=O) groups excluding carboxylic acids is 1. The zero-order chi connectivity index (χ0) is 16.3. The van der Waals surface area contributed by atoms with Crippen LogP contribution in [0, 0.1) is 5.82 Å². The molecule has 116 valence electrons. The third kappa shape index (κ3) is 4.21. The van der Waals surface area contributed by atoms with Gasteiger partial charge in [-0.05, 0) is 42.0 Å². The van der Waals surface area contributed by atoms with Crippen molar-refractivity contribution in [2.24, 2.45) is 0 Å². The molecule has 2 rings (SSSR count). The number of hydrogen-bond donors (Lipinski definition) is 0. The average molecular weight is 333 g/mol. The summed E-state index contributed by atoms with van der Waals surface area (Å²) in [7, 11) is 0. The quantitative estimate of drug-likeness (QED) is 0.588. The van der Waals surface area contributed by atoms with E-state index in [0.717, 1.165) is 12.1 Å². The van der Waals surface area contributed by atoms with Gasteiger partial charge in [0.1, 0.15) is 24.5 Å². The van der Waals surface area contributed by atoms with Crippen LogP contribution >= 0.6 is 11.6 Å². The molecule has 0 saturated heterocycles. The van der Waals surface area contributed by atoms with E-state index in [1.54, 1.807) is 0 Å².